The molecule has 0 heterocycles. The highest BCUT2D eigenvalue weighted by atomic mass is 19.3. The van der Waals surface area contributed by atoms with Crippen molar-refractivity contribution in [1.82, 2.24) is 0 Å². The lowest BCUT2D eigenvalue weighted by molar-refractivity contribution is 0.0588. The highest BCUT2D eigenvalue weighted by Crippen LogP contribution is 2.33. The second-order valence-electron chi connectivity index (χ2n) is 3.04. The number of alkyl halides is 2. The molecule has 4 nitrogen and oxygen atoms in total. The third kappa shape index (κ3) is 2.50. The maximum absolute atomic E-state index is 12.8. The molecule has 17 heavy (non-hydrogen) atoms. The molecule has 0 N–H and O–H groups in total. The van der Waals surface area contributed by atoms with Crippen molar-refractivity contribution in [3.63, 3.8) is 0 Å². The van der Waals surface area contributed by atoms with Gasteiger partial charge in [0.15, 0.2) is 0 Å². The van der Waals surface area contributed by atoms with Crippen molar-refractivity contribution < 1.29 is 23.0 Å². The van der Waals surface area contributed by atoms with Gasteiger partial charge in [0.05, 0.1) is 37.0 Å². The molecule has 0 aliphatic rings. The number of nitriles is 1. The Morgan fingerprint density at radius 1 is 1.41 bits per heavy atom. The molecule has 1 rings (SSSR count). The van der Waals surface area contributed by atoms with Crippen LogP contribution in [-0.2, 0) is 4.74 Å². The summed E-state index contributed by atoms with van der Waals surface area (Å²) >= 11 is 0. The van der Waals surface area contributed by atoms with Gasteiger partial charge in [-0.1, -0.05) is 0 Å². The standard InChI is InChI=1S/C11H9F2NO3/c1-16-8-4-6(5-14)3-7(11(15)17-2)9(8)10(12)13/h3-4,10H,1-2H3. The van der Waals surface area contributed by atoms with E-state index in [1.165, 1.54) is 7.11 Å². The van der Waals surface area contributed by atoms with Crippen molar-refractivity contribution in [1.29, 1.82) is 5.26 Å². The minimum Gasteiger partial charge on any atom is -0.496 e. The maximum atomic E-state index is 12.8. The third-order valence-corrected chi connectivity index (χ3v) is 2.11. The van der Waals surface area contributed by atoms with Crippen LogP contribution >= 0.6 is 0 Å². The molecule has 6 heteroatoms. The second kappa shape index (κ2) is 5.25. The number of hydrogen-bond donors (Lipinski definition) is 0. The van der Waals surface area contributed by atoms with Crippen LogP contribution in [-0.4, -0.2) is 20.2 Å². The van der Waals surface area contributed by atoms with E-state index < -0.39 is 18.0 Å². The van der Waals surface area contributed by atoms with Gasteiger partial charge in [-0.3, -0.25) is 0 Å². The number of carbonyl (C=O) groups excluding carboxylic acids is 1. The number of hydrogen-bond acceptors (Lipinski definition) is 4. The van der Waals surface area contributed by atoms with Crippen molar-refractivity contribution in [3.8, 4) is 11.8 Å². The van der Waals surface area contributed by atoms with E-state index in [2.05, 4.69) is 4.74 Å². The second-order valence-corrected chi connectivity index (χ2v) is 3.04. The van der Waals surface area contributed by atoms with Crippen LogP contribution in [0.3, 0.4) is 0 Å². The van der Waals surface area contributed by atoms with Gasteiger partial charge in [-0.25, -0.2) is 13.6 Å². The van der Waals surface area contributed by atoms with E-state index >= 15 is 0 Å². The highest BCUT2D eigenvalue weighted by molar-refractivity contribution is 5.92. The summed E-state index contributed by atoms with van der Waals surface area (Å²) in [5, 5.41) is 8.72. The fraction of sp³-hybridized carbons (Fsp3) is 0.273. The molecule has 0 unspecified atom stereocenters. The molecule has 0 amide bonds. The Morgan fingerprint density at radius 2 is 2.06 bits per heavy atom. The Bertz CT molecular complexity index is 480. The lowest BCUT2D eigenvalue weighted by Crippen LogP contribution is -2.08. The van der Waals surface area contributed by atoms with Crippen molar-refractivity contribution in [2.75, 3.05) is 14.2 Å². The minimum atomic E-state index is -2.90. The van der Waals surface area contributed by atoms with E-state index in [-0.39, 0.29) is 16.9 Å². The van der Waals surface area contributed by atoms with E-state index in [0.717, 1.165) is 19.2 Å². The molecule has 0 aliphatic heterocycles. The van der Waals surface area contributed by atoms with E-state index in [1.807, 2.05) is 0 Å². The summed E-state index contributed by atoms with van der Waals surface area (Å²) in [6, 6.07) is 3.95. The lowest BCUT2D eigenvalue weighted by Gasteiger charge is -2.12. The van der Waals surface area contributed by atoms with Crippen LogP contribution in [0.1, 0.15) is 27.9 Å². The topological polar surface area (TPSA) is 59.3 Å². The fourth-order valence-electron chi connectivity index (χ4n) is 1.36. The van der Waals surface area contributed by atoms with Gasteiger partial charge in [-0.15, -0.1) is 0 Å². The van der Waals surface area contributed by atoms with Gasteiger partial charge < -0.3 is 9.47 Å². The molecular weight excluding hydrogens is 232 g/mol. The Kier molecular flexibility index (Phi) is 3.99. The summed E-state index contributed by atoms with van der Waals surface area (Å²) in [5.74, 6) is -1.14. The highest BCUT2D eigenvalue weighted by Gasteiger charge is 2.24. The van der Waals surface area contributed by atoms with Crippen LogP contribution in [0.4, 0.5) is 8.78 Å². The Labute approximate surface area is 96.4 Å². The average Bonchev–Trinajstić information content (AvgIpc) is 2.35. The summed E-state index contributed by atoms with van der Waals surface area (Å²) in [7, 11) is 2.26. The Hall–Kier alpha value is -2.16. The van der Waals surface area contributed by atoms with Crippen molar-refractivity contribution in [2.45, 2.75) is 6.43 Å². The number of esters is 1. The Morgan fingerprint density at radius 3 is 2.47 bits per heavy atom. The summed E-state index contributed by atoms with van der Waals surface area (Å²) in [6.45, 7) is 0. The first-order valence-electron chi connectivity index (χ1n) is 4.53. The van der Waals surface area contributed by atoms with Gasteiger partial charge in [-0.05, 0) is 12.1 Å². The van der Waals surface area contributed by atoms with Crippen LogP contribution in [0.5, 0.6) is 5.75 Å². The summed E-state index contributed by atoms with van der Waals surface area (Å²) in [5.41, 5.74) is -0.886. The van der Waals surface area contributed by atoms with Crippen molar-refractivity contribution in [3.05, 3.63) is 28.8 Å². The molecule has 1 aromatic carbocycles. The maximum Gasteiger partial charge on any atom is 0.338 e. The van der Waals surface area contributed by atoms with E-state index in [1.54, 1.807) is 6.07 Å². The smallest absolute Gasteiger partial charge is 0.338 e. The van der Waals surface area contributed by atoms with Crippen LogP contribution in [0, 0.1) is 11.3 Å². The van der Waals surface area contributed by atoms with Crippen LogP contribution in [0.25, 0.3) is 0 Å². The monoisotopic (exact) mass is 241 g/mol. The van der Waals surface area contributed by atoms with Gasteiger partial charge in [0.25, 0.3) is 6.43 Å². The number of nitrogens with zero attached hydrogens (tertiary/aromatic N) is 1. The van der Waals surface area contributed by atoms with Gasteiger partial charge in [0.1, 0.15) is 5.75 Å². The number of rotatable bonds is 3. The molecule has 0 radical (unpaired) electrons. The minimum absolute atomic E-state index is 0.0478. The molecule has 0 fully saturated rings. The fourth-order valence-corrected chi connectivity index (χ4v) is 1.36. The quantitative estimate of drug-likeness (QED) is 0.762. The van der Waals surface area contributed by atoms with Crippen LogP contribution < -0.4 is 4.74 Å². The van der Waals surface area contributed by atoms with Gasteiger partial charge in [0.2, 0.25) is 0 Å². The van der Waals surface area contributed by atoms with E-state index in [4.69, 9.17) is 10.00 Å². The summed E-state index contributed by atoms with van der Waals surface area (Å²) < 4.78 is 34.8. The predicted octanol–water partition coefficient (Wildman–Crippen LogP) is 2.29. The molecule has 0 aromatic heterocycles. The van der Waals surface area contributed by atoms with Crippen molar-refractivity contribution in [2.24, 2.45) is 0 Å². The van der Waals surface area contributed by atoms with E-state index in [9.17, 15) is 13.6 Å². The molecule has 0 aliphatic carbocycles. The molecule has 0 saturated heterocycles. The zero-order valence-corrected chi connectivity index (χ0v) is 9.16. The van der Waals surface area contributed by atoms with Gasteiger partial charge in [-0.2, -0.15) is 5.26 Å². The number of benzene rings is 1. The normalized spacial score (nSPS) is 9.88. The molecule has 90 valence electrons. The zero-order valence-electron chi connectivity index (χ0n) is 9.16. The molecule has 0 saturated carbocycles. The number of ether oxygens (including phenoxy) is 2. The first kappa shape index (κ1) is 12.9. The summed E-state index contributed by atoms with van der Waals surface area (Å²) in [4.78, 5) is 11.4. The first-order valence-corrected chi connectivity index (χ1v) is 4.53. The van der Waals surface area contributed by atoms with E-state index in [0.29, 0.717) is 0 Å². The molecule has 0 spiro atoms. The first-order chi connectivity index (χ1) is 8.04. The van der Waals surface area contributed by atoms with Gasteiger partial charge in [0, 0.05) is 0 Å². The predicted molar refractivity (Wildman–Crippen MR) is 54.0 cm³/mol. The molecule has 0 bridgehead atoms. The molecule has 0 atom stereocenters. The number of carbonyl (C=O) groups is 1. The number of halogens is 2. The van der Waals surface area contributed by atoms with Crippen molar-refractivity contribution >= 4 is 5.97 Å². The third-order valence-electron chi connectivity index (χ3n) is 2.11. The van der Waals surface area contributed by atoms with Gasteiger partial charge >= 0.3 is 5.97 Å². The molecule has 1 aromatic rings. The largest absolute Gasteiger partial charge is 0.496 e. The number of methoxy groups -OCH3 is 2. The average molecular weight is 241 g/mol. The summed E-state index contributed by atoms with van der Waals surface area (Å²) in [6.07, 6.45) is -2.90. The van der Waals surface area contributed by atoms with Crippen LogP contribution in [0.15, 0.2) is 12.1 Å². The SMILES string of the molecule is COC(=O)c1cc(C#N)cc(OC)c1C(F)F. The van der Waals surface area contributed by atoms with Crippen LogP contribution in [0.2, 0.25) is 0 Å². The molecular formula is C11H9F2NO3. The zero-order chi connectivity index (χ0) is 13.0. The Balaban J connectivity index is 3.53. The lowest BCUT2D eigenvalue weighted by atomic mass is 10.0.